The van der Waals surface area contributed by atoms with Crippen molar-refractivity contribution in [2.24, 2.45) is 0 Å². The number of amides is 1. The number of aromatic nitrogens is 1. The van der Waals surface area contributed by atoms with Crippen molar-refractivity contribution in [1.29, 1.82) is 0 Å². The Hall–Kier alpha value is -3.19. The number of thiazole rings is 1. The molecule has 3 rings (SSSR count). The first kappa shape index (κ1) is 20.5. The van der Waals surface area contributed by atoms with Gasteiger partial charge in [0.05, 0.1) is 12.8 Å². The van der Waals surface area contributed by atoms with Crippen LogP contribution >= 0.6 is 11.3 Å². The second-order valence-electron chi connectivity index (χ2n) is 6.56. The average molecular weight is 410 g/mol. The number of ether oxygens (including phenoxy) is 2. The van der Waals surface area contributed by atoms with Crippen molar-refractivity contribution in [3.8, 4) is 16.3 Å². The van der Waals surface area contributed by atoms with Gasteiger partial charge in [-0.3, -0.25) is 4.79 Å². The summed E-state index contributed by atoms with van der Waals surface area (Å²) in [6.45, 7) is 5.26. The molecule has 0 aliphatic rings. The third-order valence-electron chi connectivity index (χ3n) is 4.29. The van der Waals surface area contributed by atoms with Crippen LogP contribution in [0.2, 0.25) is 0 Å². The summed E-state index contributed by atoms with van der Waals surface area (Å²) in [6.07, 6.45) is -0.935. The van der Waals surface area contributed by atoms with Gasteiger partial charge in [0, 0.05) is 11.3 Å². The first-order valence-corrected chi connectivity index (χ1v) is 9.89. The van der Waals surface area contributed by atoms with E-state index in [1.54, 1.807) is 33.1 Å². The predicted molar refractivity (Wildman–Crippen MR) is 114 cm³/mol. The van der Waals surface area contributed by atoms with Crippen LogP contribution in [0.15, 0.2) is 48.5 Å². The van der Waals surface area contributed by atoms with Crippen LogP contribution in [0.1, 0.15) is 27.9 Å². The van der Waals surface area contributed by atoms with E-state index in [4.69, 9.17) is 9.47 Å². The first-order chi connectivity index (χ1) is 13.9. The van der Waals surface area contributed by atoms with Crippen LogP contribution in [0, 0.1) is 13.8 Å². The second kappa shape index (κ2) is 8.87. The Balaban J connectivity index is 1.67. The Morgan fingerprint density at radius 1 is 1.03 bits per heavy atom. The highest BCUT2D eigenvalue weighted by molar-refractivity contribution is 7.17. The van der Waals surface area contributed by atoms with Gasteiger partial charge in [-0.15, -0.1) is 11.3 Å². The highest BCUT2D eigenvalue weighted by Gasteiger charge is 2.23. The molecule has 1 atom stereocenters. The van der Waals surface area contributed by atoms with E-state index in [1.807, 2.05) is 43.3 Å². The molecule has 0 aliphatic heterocycles. The number of aryl methyl sites for hydroxylation is 2. The van der Waals surface area contributed by atoms with Crippen LogP contribution in [0.5, 0.6) is 5.75 Å². The van der Waals surface area contributed by atoms with Crippen molar-refractivity contribution in [1.82, 2.24) is 4.98 Å². The first-order valence-electron chi connectivity index (χ1n) is 9.07. The third kappa shape index (κ3) is 5.00. The number of rotatable bonds is 6. The summed E-state index contributed by atoms with van der Waals surface area (Å²) in [6, 6.07) is 14.8. The van der Waals surface area contributed by atoms with Crippen LogP contribution in [-0.4, -0.2) is 30.1 Å². The van der Waals surface area contributed by atoms with E-state index >= 15 is 0 Å². The molecule has 150 valence electrons. The normalized spacial score (nSPS) is 11.6. The molecule has 2 aromatic carbocycles. The van der Waals surface area contributed by atoms with Gasteiger partial charge >= 0.3 is 5.97 Å². The number of esters is 1. The Bertz CT molecular complexity index is 1010. The lowest BCUT2D eigenvalue weighted by molar-refractivity contribution is -0.123. The van der Waals surface area contributed by atoms with Crippen LogP contribution in [0.25, 0.3) is 10.6 Å². The van der Waals surface area contributed by atoms with Crippen molar-refractivity contribution in [3.63, 3.8) is 0 Å². The minimum atomic E-state index is -0.935. The summed E-state index contributed by atoms with van der Waals surface area (Å²) < 4.78 is 10.5. The molecular weight excluding hydrogens is 388 g/mol. The lowest BCUT2D eigenvalue weighted by Crippen LogP contribution is -2.29. The maximum atomic E-state index is 12.6. The number of carbonyl (C=O) groups excluding carboxylic acids is 2. The summed E-state index contributed by atoms with van der Waals surface area (Å²) in [5.41, 5.74) is 3.19. The molecule has 0 saturated heterocycles. The molecule has 1 amide bonds. The third-order valence-corrected chi connectivity index (χ3v) is 5.48. The lowest BCUT2D eigenvalue weighted by Gasteiger charge is -2.13. The van der Waals surface area contributed by atoms with E-state index in [2.05, 4.69) is 10.3 Å². The van der Waals surface area contributed by atoms with Crippen molar-refractivity contribution < 1.29 is 19.1 Å². The minimum Gasteiger partial charge on any atom is -0.497 e. The number of hydrogen-bond acceptors (Lipinski definition) is 6. The molecule has 0 bridgehead atoms. The highest BCUT2D eigenvalue weighted by Crippen LogP contribution is 2.29. The average Bonchev–Trinajstić information content (AvgIpc) is 3.11. The molecule has 0 fully saturated rings. The van der Waals surface area contributed by atoms with Gasteiger partial charge in [-0.25, -0.2) is 9.78 Å². The van der Waals surface area contributed by atoms with Gasteiger partial charge in [0.25, 0.3) is 5.91 Å². The zero-order chi connectivity index (χ0) is 21.0. The van der Waals surface area contributed by atoms with Crippen LogP contribution in [0.3, 0.4) is 0 Å². The Labute approximate surface area is 173 Å². The van der Waals surface area contributed by atoms with E-state index < -0.39 is 12.1 Å². The Kier molecular flexibility index (Phi) is 6.29. The molecule has 1 aromatic heterocycles. The highest BCUT2D eigenvalue weighted by atomic mass is 32.1. The monoisotopic (exact) mass is 410 g/mol. The number of anilines is 1. The maximum absolute atomic E-state index is 12.6. The molecule has 0 spiro atoms. The molecule has 3 aromatic rings. The van der Waals surface area contributed by atoms with E-state index in [0.717, 1.165) is 16.9 Å². The van der Waals surface area contributed by atoms with E-state index in [-0.39, 0.29) is 5.91 Å². The summed E-state index contributed by atoms with van der Waals surface area (Å²) in [5, 5.41) is 3.44. The summed E-state index contributed by atoms with van der Waals surface area (Å²) >= 11 is 1.24. The molecule has 0 aliphatic carbocycles. The van der Waals surface area contributed by atoms with Crippen LogP contribution < -0.4 is 10.1 Å². The van der Waals surface area contributed by atoms with Crippen molar-refractivity contribution in [2.45, 2.75) is 26.9 Å². The standard InChI is InChI=1S/C22H22N2O4S/c1-13-5-9-17(10-6-13)24-20(25)15(3)28-22(26)19-14(2)23-21(29-19)16-7-11-18(27-4)12-8-16/h5-12,15H,1-4H3,(H,24,25)/t15-/m0/s1. The number of methoxy groups -OCH3 is 1. The zero-order valence-corrected chi connectivity index (χ0v) is 17.5. The second-order valence-corrected chi connectivity index (χ2v) is 7.56. The molecule has 1 N–H and O–H groups in total. The molecular formula is C22H22N2O4S. The van der Waals surface area contributed by atoms with E-state index in [9.17, 15) is 9.59 Å². The van der Waals surface area contributed by atoms with Gasteiger partial charge in [0.2, 0.25) is 0 Å². The van der Waals surface area contributed by atoms with Gasteiger partial charge in [0.15, 0.2) is 6.10 Å². The molecule has 0 saturated carbocycles. The van der Waals surface area contributed by atoms with Gasteiger partial charge in [-0.1, -0.05) is 17.7 Å². The lowest BCUT2D eigenvalue weighted by atomic mass is 10.2. The fourth-order valence-corrected chi connectivity index (χ4v) is 3.55. The Morgan fingerprint density at radius 2 is 1.69 bits per heavy atom. The fourth-order valence-electron chi connectivity index (χ4n) is 2.59. The number of nitrogens with zero attached hydrogens (tertiary/aromatic N) is 1. The topological polar surface area (TPSA) is 77.5 Å². The molecule has 29 heavy (non-hydrogen) atoms. The zero-order valence-electron chi connectivity index (χ0n) is 16.7. The van der Waals surface area contributed by atoms with Gasteiger partial charge in [-0.05, 0) is 57.2 Å². The summed E-state index contributed by atoms with van der Waals surface area (Å²) in [7, 11) is 1.60. The quantitative estimate of drug-likeness (QED) is 0.600. The number of benzene rings is 2. The molecule has 7 heteroatoms. The van der Waals surface area contributed by atoms with Crippen LogP contribution in [-0.2, 0) is 9.53 Å². The van der Waals surface area contributed by atoms with Crippen molar-refractivity contribution in [2.75, 3.05) is 12.4 Å². The van der Waals surface area contributed by atoms with Gasteiger partial charge in [-0.2, -0.15) is 0 Å². The summed E-state index contributed by atoms with van der Waals surface area (Å²) in [5.74, 6) is -0.207. The Morgan fingerprint density at radius 3 is 2.31 bits per heavy atom. The van der Waals surface area contributed by atoms with Gasteiger partial charge < -0.3 is 14.8 Å². The van der Waals surface area contributed by atoms with Crippen molar-refractivity contribution in [3.05, 3.63) is 64.7 Å². The molecule has 1 heterocycles. The molecule has 0 unspecified atom stereocenters. The van der Waals surface area contributed by atoms with E-state index in [1.165, 1.54) is 11.3 Å². The largest absolute Gasteiger partial charge is 0.497 e. The van der Waals surface area contributed by atoms with E-state index in [0.29, 0.717) is 21.3 Å². The van der Waals surface area contributed by atoms with Crippen molar-refractivity contribution >= 4 is 28.9 Å². The predicted octanol–water partition coefficient (Wildman–Crippen LogP) is 4.62. The number of hydrogen-bond donors (Lipinski definition) is 1. The smallest absolute Gasteiger partial charge is 0.351 e. The number of carbonyl (C=O) groups is 2. The molecule has 0 radical (unpaired) electrons. The molecule has 6 nitrogen and oxygen atoms in total. The van der Waals surface area contributed by atoms with Crippen LogP contribution in [0.4, 0.5) is 5.69 Å². The fraction of sp³-hybridized carbons (Fsp3) is 0.227. The maximum Gasteiger partial charge on any atom is 0.351 e. The van der Waals surface area contributed by atoms with Gasteiger partial charge in [0.1, 0.15) is 15.6 Å². The summed E-state index contributed by atoms with van der Waals surface area (Å²) in [4.78, 5) is 29.7. The minimum absolute atomic E-state index is 0.380. The SMILES string of the molecule is COc1ccc(-c2nc(C)c(C(=O)O[C@@H](C)C(=O)Nc3ccc(C)cc3)s2)cc1. The number of nitrogens with one attached hydrogen (secondary N) is 1.